The Bertz CT molecular complexity index is 724. The molecule has 3 fully saturated rings. The second-order valence-electron chi connectivity index (χ2n) is 9.48. The lowest BCUT2D eigenvalue weighted by Crippen LogP contribution is -2.50. The molecule has 134 valence electrons. The Hall–Kier alpha value is -1.45. The predicted molar refractivity (Wildman–Crippen MR) is 95.8 cm³/mol. The van der Waals surface area contributed by atoms with Gasteiger partial charge in [-0.05, 0) is 79.6 Å². The van der Waals surface area contributed by atoms with Crippen LogP contribution >= 0.6 is 0 Å². The van der Waals surface area contributed by atoms with E-state index in [4.69, 9.17) is 0 Å². The second kappa shape index (κ2) is 5.28. The number of carbonyl (C=O) groups is 1. The van der Waals surface area contributed by atoms with Gasteiger partial charge in [0.05, 0.1) is 6.04 Å². The number of hydrogen-bond acceptors (Lipinski definition) is 3. The van der Waals surface area contributed by atoms with Crippen LogP contribution in [0, 0.1) is 28.6 Å². The van der Waals surface area contributed by atoms with Crippen molar-refractivity contribution in [2.24, 2.45) is 28.6 Å². The summed E-state index contributed by atoms with van der Waals surface area (Å²) in [6, 6.07) is 0.513. The minimum atomic E-state index is 0.281. The van der Waals surface area contributed by atoms with E-state index in [-0.39, 0.29) is 5.41 Å². The molecule has 25 heavy (non-hydrogen) atoms. The molecule has 4 nitrogen and oxygen atoms in total. The zero-order valence-corrected chi connectivity index (χ0v) is 15.4. The third-order valence-corrected chi connectivity index (χ3v) is 8.67. The fourth-order valence-corrected chi connectivity index (χ4v) is 7.34. The first-order valence-corrected chi connectivity index (χ1v) is 10.1. The molecule has 0 unspecified atom stereocenters. The number of allylic oxidation sites excluding steroid dienone is 1. The minimum absolute atomic E-state index is 0.281. The van der Waals surface area contributed by atoms with Gasteiger partial charge in [0, 0.05) is 6.42 Å². The highest BCUT2D eigenvalue weighted by molar-refractivity contribution is 5.91. The number of rotatable bonds is 1. The lowest BCUT2D eigenvalue weighted by molar-refractivity contribution is -0.117. The normalized spacial score (nSPS) is 46.2. The van der Waals surface area contributed by atoms with Crippen LogP contribution in [0.5, 0.6) is 0 Å². The smallest absolute Gasteiger partial charge is 0.155 e. The SMILES string of the molecule is C[C@]12CC[C@H]3[C@@H](CCC4=CC(=O)CC[C@@]43C)[C@@H]1CC[C@@H]2n1cncn1. The summed E-state index contributed by atoms with van der Waals surface area (Å²) in [5, 5.41) is 4.49. The van der Waals surface area contributed by atoms with Gasteiger partial charge in [0.2, 0.25) is 0 Å². The number of fused-ring (bicyclic) bond motifs is 5. The molecule has 3 saturated carbocycles. The molecule has 0 spiro atoms. The Morgan fingerprint density at radius 3 is 2.76 bits per heavy atom. The summed E-state index contributed by atoms with van der Waals surface area (Å²) in [6.45, 7) is 4.99. The van der Waals surface area contributed by atoms with Crippen LogP contribution in [-0.2, 0) is 4.79 Å². The van der Waals surface area contributed by atoms with Crippen molar-refractivity contribution in [1.29, 1.82) is 0 Å². The first kappa shape index (κ1) is 15.8. The van der Waals surface area contributed by atoms with Gasteiger partial charge in [0.1, 0.15) is 12.7 Å². The molecule has 6 atom stereocenters. The van der Waals surface area contributed by atoms with E-state index in [2.05, 4.69) is 28.6 Å². The summed E-state index contributed by atoms with van der Waals surface area (Å²) in [4.78, 5) is 16.1. The van der Waals surface area contributed by atoms with Gasteiger partial charge in [-0.3, -0.25) is 4.79 Å². The van der Waals surface area contributed by atoms with Crippen molar-refractivity contribution in [2.45, 2.75) is 71.3 Å². The third kappa shape index (κ3) is 2.09. The Balaban J connectivity index is 1.48. The van der Waals surface area contributed by atoms with E-state index in [1.54, 1.807) is 6.33 Å². The fourth-order valence-electron chi connectivity index (χ4n) is 7.34. The van der Waals surface area contributed by atoms with Gasteiger partial charge in [-0.25, -0.2) is 9.67 Å². The van der Waals surface area contributed by atoms with Crippen molar-refractivity contribution in [3.8, 4) is 0 Å². The summed E-state index contributed by atoms with van der Waals surface area (Å²) in [6.07, 6.45) is 15.0. The van der Waals surface area contributed by atoms with Crippen LogP contribution < -0.4 is 0 Å². The van der Waals surface area contributed by atoms with Crippen molar-refractivity contribution >= 4 is 5.78 Å². The maximum absolute atomic E-state index is 11.9. The molecule has 0 radical (unpaired) electrons. The monoisotopic (exact) mass is 339 g/mol. The summed E-state index contributed by atoms with van der Waals surface area (Å²) < 4.78 is 2.13. The van der Waals surface area contributed by atoms with Gasteiger partial charge in [0.15, 0.2) is 5.78 Å². The molecule has 0 aliphatic heterocycles. The van der Waals surface area contributed by atoms with Crippen LogP contribution in [0.25, 0.3) is 0 Å². The molecule has 0 aromatic carbocycles. The molecule has 1 aromatic rings. The Kier molecular flexibility index (Phi) is 3.33. The molecule has 0 bridgehead atoms. The van der Waals surface area contributed by atoms with E-state index < -0.39 is 0 Å². The largest absolute Gasteiger partial charge is 0.295 e. The lowest BCUT2D eigenvalue weighted by Gasteiger charge is -2.58. The van der Waals surface area contributed by atoms with Crippen LogP contribution in [0.1, 0.15) is 71.3 Å². The van der Waals surface area contributed by atoms with E-state index in [1.165, 1.54) is 37.7 Å². The maximum Gasteiger partial charge on any atom is 0.155 e. The molecule has 0 N–H and O–H groups in total. The molecule has 1 heterocycles. The van der Waals surface area contributed by atoms with Gasteiger partial charge in [-0.15, -0.1) is 0 Å². The molecule has 5 rings (SSSR count). The van der Waals surface area contributed by atoms with Gasteiger partial charge < -0.3 is 0 Å². The number of aromatic nitrogens is 3. The van der Waals surface area contributed by atoms with Crippen LogP contribution in [0.3, 0.4) is 0 Å². The second-order valence-corrected chi connectivity index (χ2v) is 9.48. The Morgan fingerprint density at radius 1 is 1.08 bits per heavy atom. The first-order valence-electron chi connectivity index (χ1n) is 10.1. The van der Waals surface area contributed by atoms with E-state index in [0.29, 0.717) is 17.2 Å². The van der Waals surface area contributed by atoms with Gasteiger partial charge in [-0.2, -0.15) is 5.10 Å². The summed E-state index contributed by atoms with van der Waals surface area (Å²) in [5.41, 5.74) is 2.11. The predicted octanol–water partition coefficient (Wildman–Crippen LogP) is 4.35. The molecular formula is C21H29N3O. The average molecular weight is 339 g/mol. The van der Waals surface area contributed by atoms with Crippen molar-refractivity contribution < 1.29 is 4.79 Å². The van der Waals surface area contributed by atoms with Crippen LogP contribution in [0.2, 0.25) is 0 Å². The highest BCUT2D eigenvalue weighted by Gasteiger charge is 2.59. The molecular weight excluding hydrogens is 310 g/mol. The summed E-state index contributed by atoms with van der Waals surface area (Å²) in [7, 11) is 0. The summed E-state index contributed by atoms with van der Waals surface area (Å²) >= 11 is 0. The molecule has 1 aromatic heterocycles. The highest BCUT2D eigenvalue weighted by Crippen LogP contribution is 2.67. The van der Waals surface area contributed by atoms with Crippen LogP contribution in [-0.4, -0.2) is 20.5 Å². The standard InChI is InChI=1S/C21H29N3O/c1-20-9-7-15(25)11-14(20)3-4-16-17-5-6-19(24-13-22-12-23-24)21(17,2)10-8-18(16)20/h11-13,16-19H,3-10H2,1-2H3/t16-,17-,18-,19-,20-,21-/m0/s1. The van der Waals surface area contributed by atoms with Crippen molar-refractivity contribution in [1.82, 2.24) is 14.8 Å². The molecule has 0 amide bonds. The Morgan fingerprint density at radius 2 is 1.96 bits per heavy atom. The molecule has 4 aliphatic rings. The summed E-state index contributed by atoms with van der Waals surface area (Å²) in [5.74, 6) is 2.76. The van der Waals surface area contributed by atoms with E-state index >= 15 is 0 Å². The fraction of sp³-hybridized carbons (Fsp3) is 0.762. The van der Waals surface area contributed by atoms with Crippen molar-refractivity contribution in [2.75, 3.05) is 0 Å². The third-order valence-electron chi connectivity index (χ3n) is 8.67. The average Bonchev–Trinajstić information content (AvgIpc) is 3.22. The number of ketones is 1. The van der Waals surface area contributed by atoms with Crippen molar-refractivity contribution in [3.05, 3.63) is 24.3 Å². The minimum Gasteiger partial charge on any atom is -0.295 e. The van der Waals surface area contributed by atoms with Crippen molar-refractivity contribution in [3.63, 3.8) is 0 Å². The molecule has 0 saturated heterocycles. The quantitative estimate of drug-likeness (QED) is 0.764. The van der Waals surface area contributed by atoms with Gasteiger partial charge >= 0.3 is 0 Å². The molecule has 4 aliphatic carbocycles. The van der Waals surface area contributed by atoms with E-state index in [9.17, 15) is 4.79 Å². The maximum atomic E-state index is 11.9. The van der Waals surface area contributed by atoms with Crippen LogP contribution in [0.15, 0.2) is 24.3 Å². The molecule has 4 heteroatoms. The van der Waals surface area contributed by atoms with E-state index in [0.717, 1.165) is 37.0 Å². The zero-order chi connectivity index (χ0) is 17.2. The topological polar surface area (TPSA) is 47.8 Å². The first-order chi connectivity index (χ1) is 12.0. The van der Waals surface area contributed by atoms with Gasteiger partial charge in [-0.1, -0.05) is 19.4 Å². The van der Waals surface area contributed by atoms with Crippen LogP contribution in [0.4, 0.5) is 0 Å². The lowest BCUT2D eigenvalue weighted by atomic mass is 9.47. The highest BCUT2D eigenvalue weighted by atomic mass is 16.1. The zero-order valence-electron chi connectivity index (χ0n) is 15.4. The van der Waals surface area contributed by atoms with E-state index in [1.807, 2.05) is 12.4 Å². The number of carbonyl (C=O) groups excluding carboxylic acids is 1. The Labute approximate surface area is 150 Å². The number of nitrogens with zero attached hydrogens (tertiary/aromatic N) is 3. The number of hydrogen-bond donors (Lipinski definition) is 0. The van der Waals surface area contributed by atoms with Gasteiger partial charge in [0.25, 0.3) is 0 Å².